The van der Waals surface area contributed by atoms with Crippen molar-refractivity contribution in [2.45, 2.75) is 33.5 Å². The number of hydrogen-bond acceptors (Lipinski definition) is 2. The highest BCUT2D eigenvalue weighted by molar-refractivity contribution is 5.42. The van der Waals surface area contributed by atoms with E-state index in [1.54, 1.807) is 0 Å². The first-order valence-corrected chi connectivity index (χ1v) is 4.50. The molecule has 3 nitrogen and oxygen atoms in total. The van der Waals surface area contributed by atoms with Crippen molar-refractivity contribution in [2.24, 2.45) is 5.41 Å². The number of rotatable bonds is 1. The fourth-order valence-corrected chi connectivity index (χ4v) is 1.28. The fourth-order valence-electron chi connectivity index (χ4n) is 1.28. The van der Waals surface area contributed by atoms with E-state index < -0.39 is 11.9 Å². The minimum atomic E-state index is -4.45. The van der Waals surface area contributed by atoms with Crippen molar-refractivity contribution in [1.29, 1.82) is 0 Å². The van der Waals surface area contributed by atoms with E-state index in [0.29, 0.717) is 0 Å². The molecule has 1 aromatic heterocycles. The molecule has 0 unspecified atom stereocenters. The zero-order chi connectivity index (χ0) is 11.9. The summed E-state index contributed by atoms with van der Waals surface area (Å²) in [5.41, 5.74) is 3.77. The summed E-state index contributed by atoms with van der Waals surface area (Å²) in [6, 6.07) is 0. The number of nitrogens with two attached hydrogens (primary N) is 1. The van der Waals surface area contributed by atoms with E-state index in [4.69, 9.17) is 5.73 Å². The van der Waals surface area contributed by atoms with Crippen LogP contribution in [-0.4, -0.2) is 9.78 Å². The zero-order valence-electron chi connectivity index (χ0n) is 8.89. The fraction of sp³-hybridized carbons (Fsp3) is 0.667. The second-order valence-electron chi connectivity index (χ2n) is 4.66. The van der Waals surface area contributed by atoms with Gasteiger partial charge in [-0.15, -0.1) is 0 Å². The third kappa shape index (κ3) is 2.87. The van der Waals surface area contributed by atoms with E-state index in [1.165, 1.54) is 0 Å². The summed E-state index contributed by atoms with van der Waals surface area (Å²) in [5.74, 6) is 0. The van der Waals surface area contributed by atoms with Crippen molar-refractivity contribution in [3.63, 3.8) is 0 Å². The summed E-state index contributed by atoms with van der Waals surface area (Å²) in [4.78, 5) is 0. The predicted molar refractivity (Wildman–Crippen MR) is 51.1 cm³/mol. The van der Waals surface area contributed by atoms with Crippen LogP contribution in [-0.2, 0) is 12.7 Å². The van der Waals surface area contributed by atoms with Crippen LogP contribution in [0.3, 0.4) is 0 Å². The van der Waals surface area contributed by atoms with Gasteiger partial charge >= 0.3 is 6.18 Å². The molecule has 0 amide bonds. The average molecular weight is 221 g/mol. The molecule has 15 heavy (non-hydrogen) atoms. The molecule has 0 atom stereocenters. The molecule has 6 heteroatoms. The lowest BCUT2D eigenvalue weighted by atomic mass is 9.97. The summed E-state index contributed by atoms with van der Waals surface area (Å²) in [6.07, 6.45) is -3.42. The van der Waals surface area contributed by atoms with Crippen molar-refractivity contribution in [1.82, 2.24) is 9.78 Å². The van der Waals surface area contributed by atoms with E-state index in [-0.39, 0.29) is 17.6 Å². The Morgan fingerprint density at radius 3 is 2.27 bits per heavy atom. The van der Waals surface area contributed by atoms with Crippen LogP contribution in [0.4, 0.5) is 18.9 Å². The number of halogens is 3. The van der Waals surface area contributed by atoms with Crippen LogP contribution < -0.4 is 5.73 Å². The molecule has 0 fully saturated rings. The molecular weight excluding hydrogens is 207 g/mol. The Bertz CT molecular complexity index is 346. The van der Waals surface area contributed by atoms with Crippen molar-refractivity contribution in [2.75, 3.05) is 5.73 Å². The van der Waals surface area contributed by atoms with Gasteiger partial charge in [-0.3, -0.25) is 4.68 Å². The normalized spacial score (nSPS) is 13.2. The third-order valence-corrected chi connectivity index (χ3v) is 1.76. The molecule has 86 valence electrons. The van der Waals surface area contributed by atoms with E-state index in [9.17, 15) is 13.2 Å². The summed E-state index contributed by atoms with van der Waals surface area (Å²) < 4.78 is 38.6. The molecule has 1 heterocycles. The molecule has 0 bridgehead atoms. The number of aromatic nitrogens is 2. The van der Waals surface area contributed by atoms with E-state index in [0.717, 1.165) is 10.9 Å². The Morgan fingerprint density at radius 2 is 1.87 bits per heavy atom. The second-order valence-corrected chi connectivity index (χ2v) is 4.66. The van der Waals surface area contributed by atoms with Gasteiger partial charge in [0.05, 0.1) is 11.9 Å². The Morgan fingerprint density at radius 1 is 1.33 bits per heavy atom. The Labute approximate surface area is 86.1 Å². The van der Waals surface area contributed by atoms with E-state index >= 15 is 0 Å². The first kappa shape index (κ1) is 11.9. The van der Waals surface area contributed by atoms with Crippen LogP contribution in [0.25, 0.3) is 0 Å². The average Bonchev–Trinajstić information content (AvgIpc) is 2.25. The van der Waals surface area contributed by atoms with Gasteiger partial charge in [0.25, 0.3) is 0 Å². The Hall–Kier alpha value is -1.20. The lowest BCUT2D eigenvalue weighted by Crippen LogP contribution is -2.22. The van der Waals surface area contributed by atoms with Gasteiger partial charge in [-0.25, -0.2) is 0 Å². The molecule has 0 saturated carbocycles. The molecule has 2 N–H and O–H groups in total. The zero-order valence-corrected chi connectivity index (χ0v) is 8.89. The van der Waals surface area contributed by atoms with Crippen molar-refractivity contribution < 1.29 is 13.2 Å². The van der Waals surface area contributed by atoms with Gasteiger partial charge in [-0.05, 0) is 5.41 Å². The number of alkyl halides is 3. The van der Waals surface area contributed by atoms with Gasteiger partial charge < -0.3 is 5.73 Å². The molecule has 0 spiro atoms. The highest BCUT2D eigenvalue weighted by atomic mass is 19.4. The van der Waals surface area contributed by atoms with Gasteiger partial charge in [0.15, 0.2) is 5.69 Å². The van der Waals surface area contributed by atoms with Crippen molar-refractivity contribution in [3.05, 3.63) is 11.9 Å². The van der Waals surface area contributed by atoms with Gasteiger partial charge in [-0.2, -0.15) is 18.3 Å². The van der Waals surface area contributed by atoms with Crippen LogP contribution in [0.15, 0.2) is 6.20 Å². The standard InChI is InChI=1S/C9H14F3N3/c1-8(2,3)5-15-7(9(10,11)12)6(13)4-14-15/h4H,5,13H2,1-3H3. The van der Waals surface area contributed by atoms with Gasteiger partial charge in [0, 0.05) is 6.54 Å². The minimum Gasteiger partial charge on any atom is -0.396 e. The summed E-state index contributed by atoms with van der Waals surface area (Å²) in [6.45, 7) is 5.69. The number of hydrogen-bond donors (Lipinski definition) is 1. The maximum atomic E-state index is 12.6. The van der Waals surface area contributed by atoms with Gasteiger partial charge in [0.2, 0.25) is 0 Å². The van der Waals surface area contributed by atoms with Crippen molar-refractivity contribution >= 4 is 5.69 Å². The molecule has 0 aromatic carbocycles. The monoisotopic (exact) mass is 221 g/mol. The van der Waals surface area contributed by atoms with E-state index in [1.807, 2.05) is 20.8 Å². The molecule has 0 aliphatic carbocycles. The topological polar surface area (TPSA) is 43.8 Å². The minimum absolute atomic E-state index is 0.180. The van der Waals surface area contributed by atoms with Crippen LogP contribution >= 0.6 is 0 Å². The second kappa shape index (κ2) is 3.43. The lowest BCUT2D eigenvalue weighted by molar-refractivity contribution is -0.144. The highest BCUT2D eigenvalue weighted by Gasteiger charge is 2.38. The van der Waals surface area contributed by atoms with Gasteiger partial charge in [-0.1, -0.05) is 20.8 Å². The molecular formula is C9H14F3N3. The SMILES string of the molecule is CC(C)(C)Cn1ncc(N)c1C(F)(F)F. The molecule has 1 aromatic rings. The van der Waals surface area contributed by atoms with E-state index in [2.05, 4.69) is 5.10 Å². The molecule has 0 aliphatic heterocycles. The first-order valence-electron chi connectivity index (χ1n) is 4.50. The number of anilines is 1. The summed E-state index contributed by atoms with van der Waals surface area (Å²) >= 11 is 0. The Balaban J connectivity index is 3.10. The summed E-state index contributed by atoms with van der Waals surface area (Å²) in [7, 11) is 0. The number of nitrogen functional groups attached to an aromatic ring is 1. The largest absolute Gasteiger partial charge is 0.435 e. The first-order chi connectivity index (χ1) is 6.61. The lowest BCUT2D eigenvalue weighted by Gasteiger charge is -2.20. The maximum Gasteiger partial charge on any atom is 0.435 e. The molecule has 0 radical (unpaired) electrons. The molecule has 0 saturated heterocycles. The quantitative estimate of drug-likeness (QED) is 0.791. The van der Waals surface area contributed by atoms with Crippen LogP contribution in [0.1, 0.15) is 26.5 Å². The maximum absolute atomic E-state index is 12.6. The summed E-state index contributed by atoms with van der Waals surface area (Å²) in [5, 5.41) is 3.64. The number of nitrogens with zero attached hydrogens (tertiary/aromatic N) is 2. The van der Waals surface area contributed by atoms with Gasteiger partial charge in [0.1, 0.15) is 0 Å². The molecule has 1 rings (SSSR count). The Kier molecular flexibility index (Phi) is 2.71. The highest BCUT2D eigenvalue weighted by Crippen LogP contribution is 2.34. The third-order valence-electron chi connectivity index (χ3n) is 1.76. The van der Waals surface area contributed by atoms with Crippen LogP contribution in [0.2, 0.25) is 0 Å². The molecule has 0 aliphatic rings. The van der Waals surface area contributed by atoms with Crippen molar-refractivity contribution in [3.8, 4) is 0 Å². The van der Waals surface area contributed by atoms with Crippen LogP contribution in [0, 0.1) is 5.41 Å². The predicted octanol–water partition coefficient (Wildman–Crippen LogP) is 2.53. The van der Waals surface area contributed by atoms with Crippen LogP contribution in [0.5, 0.6) is 0 Å². The smallest absolute Gasteiger partial charge is 0.396 e.